The number of aromatic nitrogens is 2. The third-order valence-corrected chi connectivity index (χ3v) is 3.28. The molecule has 21 heavy (non-hydrogen) atoms. The molecule has 1 saturated heterocycles. The molecule has 0 bridgehead atoms. The molecule has 0 saturated carbocycles. The number of nitrogens with zero attached hydrogens (tertiary/aromatic N) is 2. The van der Waals surface area contributed by atoms with Crippen LogP contribution >= 0.6 is 0 Å². The third kappa shape index (κ3) is 4.13. The van der Waals surface area contributed by atoms with Gasteiger partial charge in [0.05, 0.1) is 19.0 Å². The molecule has 1 atom stereocenters. The van der Waals surface area contributed by atoms with Crippen LogP contribution in [0.3, 0.4) is 0 Å². The Morgan fingerprint density at radius 2 is 1.86 bits per heavy atom. The summed E-state index contributed by atoms with van der Waals surface area (Å²) in [5.74, 6) is 1.31. The SMILES string of the molecule is C(=C\c1ncc(OC2CCCCO2)cn1)/c1ccccc1. The molecule has 108 valence electrons. The van der Waals surface area contributed by atoms with Crippen molar-refractivity contribution in [1.29, 1.82) is 0 Å². The van der Waals surface area contributed by atoms with Crippen LogP contribution in [-0.4, -0.2) is 22.9 Å². The highest BCUT2D eigenvalue weighted by Crippen LogP contribution is 2.17. The van der Waals surface area contributed by atoms with E-state index in [9.17, 15) is 0 Å². The van der Waals surface area contributed by atoms with Gasteiger partial charge in [-0.05, 0) is 24.5 Å². The van der Waals surface area contributed by atoms with Gasteiger partial charge < -0.3 is 9.47 Å². The van der Waals surface area contributed by atoms with Crippen molar-refractivity contribution in [2.75, 3.05) is 6.61 Å². The molecule has 1 unspecified atom stereocenters. The normalized spacial score (nSPS) is 18.8. The van der Waals surface area contributed by atoms with Gasteiger partial charge in [-0.25, -0.2) is 9.97 Å². The Hall–Kier alpha value is -2.20. The van der Waals surface area contributed by atoms with E-state index >= 15 is 0 Å². The maximum absolute atomic E-state index is 5.70. The summed E-state index contributed by atoms with van der Waals surface area (Å²) in [6.45, 7) is 0.767. The van der Waals surface area contributed by atoms with Crippen LogP contribution in [0, 0.1) is 0 Å². The minimum Gasteiger partial charge on any atom is -0.462 e. The summed E-state index contributed by atoms with van der Waals surface area (Å²) in [5.41, 5.74) is 1.12. The van der Waals surface area contributed by atoms with Crippen LogP contribution < -0.4 is 4.74 Å². The molecule has 4 nitrogen and oxygen atoms in total. The van der Waals surface area contributed by atoms with Gasteiger partial charge in [-0.3, -0.25) is 0 Å². The molecule has 1 aliphatic heterocycles. The first-order chi connectivity index (χ1) is 10.4. The Balaban J connectivity index is 1.60. The number of hydrogen-bond acceptors (Lipinski definition) is 4. The minimum atomic E-state index is -0.159. The van der Waals surface area contributed by atoms with Crippen molar-refractivity contribution in [1.82, 2.24) is 9.97 Å². The van der Waals surface area contributed by atoms with E-state index in [0.29, 0.717) is 11.6 Å². The highest BCUT2D eigenvalue weighted by atomic mass is 16.7. The van der Waals surface area contributed by atoms with Crippen LogP contribution in [0.15, 0.2) is 42.7 Å². The van der Waals surface area contributed by atoms with Crippen LogP contribution in [0.25, 0.3) is 12.2 Å². The molecule has 4 heteroatoms. The average molecular weight is 282 g/mol. The fourth-order valence-electron chi connectivity index (χ4n) is 2.16. The van der Waals surface area contributed by atoms with E-state index in [1.807, 2.05) is 42.5 Å². The topological polar surface area (TPSA) is 44.2 Å². The number of rotatable bonds is 4. The summed E-state index contributed by atoms with van der Waals surface area (Å²) in [7, 11) is 0. The molecule has 0 N–H and O–H groups in total. The van der Waals surface area contributed by atoms with E-state index in [-0.39, 0.29) is 6.29 Å². The van der Waals surface area contributed by atoms with Crippen molar-refractivity contribution >= 4 is 12.2 Å². The van der Waals surface area contributed by atoms with Crippen molar-refractivity contribution in [3.8, 4) is 5.75 Å². The van der Waals surface area contributed by atoms with Crippen molar-refractivity contribution in [3.63, 3.8) is 0 Å². The molecular weight excluding hydrogens is 264 g/mol. The third-order valence-electron chi connectivity index (χ3n) is 3.28. The smallest absolute Gasteiger partial charge is 0.199 e. The van der Waals surface area contributed by atoms with Gasteiger partial charge in [0.2, 0.25) is 0 Å². The van der Waals surface area contributed by atoms with E-state index in [2.05, 4.69) is 9.97 Å². The standard InChI is InChI=1S/C17H18N2O2/c1-2-6-14(7-3-1)9-10-16-18-12-15(13-19-16)21-17-8-4-5-11-20-17/h1-3,6-7,9-10,12-13,17H,4-5,8,11H2/b10-9+. The van der Waals surface area contributed by atoms with Gasteiger partial charge in [0, 0.05) is 6.42 Å². The molecule has 2 aromatic rings. The molecule has 2 heterocycles. The molecule has 0 spiro atoms. The van der Waals surface area contributed by atoms with Gasteiger partial charge in [-0.2, -0.15) is 0 Å². The summed E-state index contributed by atoms with van der Waals surface area (Å²) < 4.78 is 11.2. The highest BCUT2D eigenvalue weighted by Gasteiger charge is 2.15. The maximum atomic E-state index is 5.70. The summed E-state index contributed by atoms with van der Waals surface area (Å²) in [6.07, 6.45) is 10.3. The van der Waals surface area contributed by atoms with E-state index in [1.165, 1.54) is 0 Å². The van der Waals surface area contributed by atoms with Crippen molar-refractivity contribution in [3.05, 3.63) is 54.1 Å². The molecule has 1 aromatic heterocycles. The van der Waals surface area contributed by atoms with Gasteiger partial charge in [0.15, 0.2) is 17.9 Å². The first-order valence-electron chi connectivity index (χ1n) is 7.23. The fourth-order valence-corrected chi connectivity index (χ4v) is 2.16. The Labute approximate surface area is 124 Å². The predicted octanol–water partition coefficient (Wildman–Crippen LogP) is 3.55. The predicted molar refractivity (Wildman–Crippen MR) is 81.6 cm³/mol. The van der Waals surface area contributed by atoms with E-state index in [1.54, 1.807) is 12.4 Å². The van der Waals surface area contributed by atoms with E-state index in [4.69, 9.17) is 9.47 Å². The average Bonchev–Trinajstić information content (AvgIpc) is 2.56. The second-order valence-corrected chi connectivity index (χ2v) is 4.93. The summed E-state index contributed by atoms with van der Waals surface area (Å²) >= 11 is 0. The van der Waals surface area contributed by atoms with Crippen LogP contribution in [0.1, 0.15) is 30.7 Å². The zero-order chi connectivity index (χ0) is 14.3. The van der Waals surface area contributed by atoms with Crippen molar-refractivity contribution in [2.24, 2.45) is 0 Å². The molecule has 0 amide bonds. The van der Waals surface area contributed by atoms with Crippen molar-refractivity contribution < 1.29 is 9.47 Å². The number of hydrogen-bond donors (Lipinski definition) is 0. The monoisotopic (exact) mass is 282 g/mol. The van der Waals surface area contributed by atoms with Crippen LogP contribution in [0.5, 0.6) is 5.75 Å². The van der Waals surface area contributed by atoms with Crippen molar-refractivity contribution in [2.45, 2.75) is 25.6 Å². The molecule has 3 rings (SSSR count). The summed E-state index contributed by atoms with van der Waals surface area (Å²) in [6, 6.07) is 10.1. The van der Waals surface area contributed by atoms with Crippen LogP contribution in [0.2, 0.25) is 0 Å². The van der Waals surface area contributed by atoms with Crippen LogP contribution in [-0.2, 0) is 4.74 Å². The zero-order valence-corrected chi connectivity index (χ0v) is 11.8. The van der Waals surface area contributed by atoms with E-state index in [0.717, 1.165) is 31.4 Å². The lowest BCUT2D eigenvalue weighted by atomic mass is 10.2. The molecular formula is C17H18N2O2. The Morgan fingerprint density at radius 1 is 1.05 bits per heavy atom. The second-order valence-electron chi connectivity index (χ2n) is 4.93. The quantitative estimate of drug-likeness (QED) is 0.860. The fraction of sp³-hybridized carbons (Fsp3) is 0.294. The van der Waals surface area contributed by atoms with Gasteiger partial charge in [0.1, 0.15) is 0 Å². The zero-order valence-electron chi connectivity index (χ0n) is 11.8. The lowest BCUT2D eigenvalue weighted by Gasteiger charge is -2.22. The summed E-state index contributed by atoms with van der Waals surface area (Å²) in [4.78, 5) is 8.56. The largest absolute Gasteiger partial charge is 0.462 e. The van der Waals surface area contributed by atoms with E-state index < -0.39 is 0 Å². The summed E-state index contributed by atoms with van der Waals surface area (Å²) in [5, 5.41) is 0. The number of ether oxygens (including phenoxy) is 2. The molecule has 1 aliphatic rings. The Morgan fingerprint density at radius 3 is 2.57 bits per heavy atom. The van der Waals surface area contributed by atoms with Gasteiger partial charge in [-0.15, -0.1) is 0 Å². The molecule has 1 fully saturated rings. The first kappa shape index (κ1) is 13.8. The molecule has 1 aromatic carbocycles. The maximum Gasteiger partial charge on any atom is 0.199 e. The lowest BCUT2D eigenvalue weighted by Crippen LogP contribution is -2.25. The minimum absolute atomic E-state index is 0.159. The van der Waals surface area contributed by atoms with Gasteiger partial charge in [-0.1, -0.05) is 36.4 Å². The highest BCUT2D eigenvalue weighted by molar-refractivity contribution is 5.66. The molecule has 0 radical (unpaired) electrons. The Bertz CT molecular complexity index is 575. The van der Waals surface area contributed by atoms with Crippen LogP contribution in [0.4, 0.5) is 0 Å². The molecule has 0 aliphatic carbocycles. The van der Waals surface area contributed by atoms with Gasteiger partial charge in [0.25, 0.3) is 0 Å². The number of benzene rings is 1. The Kier molecular flexibility index (Phi) is 4.59. The first-order valence-corrected chi connectivity index (χ1v) is 7.23. The van der Waals surface area contributed by atoms with Gasteiger partial charge >= 0.3 is 0 Å². The lowest BCUT2D eigenvalue weighted by molar-refractivity contribution is -0.106. The second kappa shape index (κ2) is 6.99.